The Morgan fingerprint density at radius 3 is 2.17 bits per heavy atom. The standard InChI is InChI=1S/C14H19IO3/c1-6-17-7-18-14(16)12-10(4)8(2)9(3)11(5)13(12)15/h6-7H2,1-5H3. The van der Waals surface area contributed by atoms with Gasteiger partial charge in [0.2, 0.25) is 0 Å². The van der Waals surface area contributed by atoms with Gasteiger partial charge in [0.25, 0.3) is 0 Å². The summed E-state index contributed by atoms with van der Waals surface area (Å²) < 4.78 is 11.1. The average molecular weight is 362 g/mol. The molecule has 100 valence electrons. The first-order valence-electron chi connectivity index (χ1n) is 5.92. The van der Waals surface area contributed by atoms with Crippen LogP contribution in [0.3, 0.4) is 0 Å². The number of hydrogen-bond donors (Lipinski definition) is 0. The van der Waals surface area contributed by atoms with Gasteiger partial charge in [-0.3, -0.25) is 0 Å². The Labute approximate surface area is 122 Å². The Kier molecular flexibility index (Phi) is 5.59. The van der Waals surface area contributed by atoms with Crippen molar-refractivity contribution in [2.24, 2.45) is 0 Å². The van der Waals surface area contributed by atoms with Gasteiger partial charge in [-0.2, -0.15) is 0 Å². The number of hydrogen-bond acceptors (Lipinski definition) is 3. The van der Waals surface area contributed by atoms with Crippen LogP contribution in [0.15, 0.2) is 0 Å². The minimum Gasteiger partial charge on any atom is -0.435 e. The van der Waals surface area contributed by atoms with Crippen molar-refractivity contribution in [3.63, 3.8) is 0 Å². The maximum atomic E-state index is 12.1. The Balaban J connectivity index is 3.13. The lowest BCUT2D eigenvalue weighted by atomic mass is 9.95. The first kappa shape index (κ1) is 15.4. The topological polar surface area (TPSA) is 35.5 Å². The van der Waals surface area contributed by atoms with Gasteiger partial charge in [-0.25, -0.2) is 4.79 Å². The summed E-state index contributed by atoms with van der Waals surface area (Å²) in [5.74, 6) is -0.309. The van der Waals surface area contributed by atoms with Gasteiger partial charge in [0.05, 0.1) is 5.56 Å². The summed E-state index contributed by atoms with van der Waals surface area (Å²) >= 11 is 2.21. The van der Waals surface area contributed by atoms with E-state index in [1.54, 1.807) is 0 Å². The number of carbonyl (C=O) groups is 1. The van der Waals surface area contributed by atoms with Crippen LogP contribution in [0.4, 0.5) is 0 Å². The largest absolute Gasteiger partial charge is 0.435 e. The molecule has 0 N–H and O–H groups in total. The van der Waals surface area contributed by atoms with E-state index in [1.165, 1.54) is 5.56 Å². The molecular weight excluding hydrogens is 343 g/mol. The van der Waals surface area contributed by atoms with Gasteiger partial charge in [0.1, 0.15) is 0 Å². The third-order valence-electron chi connectivity index (χ3n) is 3.29. The molecule has 0 bridgehead atoms. The molecule has 0 atom stereocenters. The van der Waals surface area contributed by atoms with Crippen LogP contribution in [-0.2, 0) is 9.47 Å². The monoisotopic (exact) mass is 362 g/mol. The molecule has 0 heterocycles. The van der Waals surface area contributed by atoms with Gasteiger partial charge < -0.3 is 9.47 Å². The number of halogens is 1. The van der Waals surface area contributed by atoms with E-state index in [0.29, 0.717) is 12.2 Å². The van der Waals surface area contributed by atoms with E-state index in [-0.39, 0.29) is 12.8 Å². The second kappa shape index (κ2) is 6.52. The Morgan fingerprint density at radius 2 is 1.61 bits per heavy atom. The van der Waals surface area contributed by atoms with Gasteiger partial charge >= 0.3 is 5.97 Å². The molecule has 0 unspecified atom stereocenters. The van der Waals surface area contributed by atoms with E-state index in [1.807, 2.05) is 27.7 Å². The molecule has 3 nitrogen and oxygen atoms in total. The van der Waals surface area contributed by atoms with Crippen molar-refractivity contribution in [3.05, 3.63) is 31.4 Å². The molecule has 0 aliphatic carbocycles. The first-order chi connectivity index (χ1) is 8.41. The Morgan fingerprint density at radius 1 is 1.06 bits per heavy atom. The molecule has 0 aromatic heterocycles. The molecule has 0 aliphatic heterocycles. The van der Waals surface area contributed by atoms with E-state index < -0.39 is 0 Å². The minimum absolute atomic E-state index is 0.0107. The molecule has 0 radical (unpaired) electrons. The fourth-order valence-corrected chi connectivity index (χ4v) is 2.79. The molecular formula is C14H19IO3. The molecule has 18 heavy (non-hydrogen) atoms. The molecule has 1 aromatic carbocycles. The Bertz CT molecular complexity index is 438. The zero-order valence-electron chi connectivity index (χ0n) is 11.5. The van der Waals surface area contributed by atoms with Crippen molar-refractivity contribution < 1.29 is 14.3 Å². The summed E-state index contributed by atoms with van der Waals surface area (Å²) in [7, 11) is 0. The molecule has 1 rings (SSSR count). The van der Waals surface area contributed by atoms with Gasteiger partial charge in [-0.05, 0) is 79.5 Å². The average Bonchev–Trinajstić information content (AvgIpc) is 2.34. The molecule has 0 amide bonds. The van der Waals surface area contributed by atoms with Crippen molar-refractivity contribution >= 4 is 28.6 Å². The fraction of sp³-hybridized carbons (Fsp3) is 0.500. The van der Waals surface area contributed by atoms with E-state index in [4.69, 9.17) is 9.47 Å². The quantitative estimate of drug-likeness (QED) is 0.355. The molecule has 0 spiro atoms. The van der Waals surface area contributed by atoms with Gasteiger partial charge in [0, 0.05) is 10.2 Å². The summed E-state index contributed by atoms with van der Waals surface area (Å²) in [5, 5.41) is 0. The maximum Gasteiger partial charge on any atom is 0.341 e. The summed E-state index contributed by atoms with van der Waals surface area (Å²) in [5.41, 5.74) is 5.18. The summed E-state index contributed by atoms with van der Waals surface area (Å²) in [6.07, 6.45) is 0. The molecule has 0 saturated carbocycles. The van der Waals surface area contributed by atoms with Crippen LogP contribution in [0.1, 0.15) is 39.5 Å². The second-order valence-electron chi connectivity index (χ2n) is 4.23. The fourth-order valence-electron chi connectivity index (χ4n) is 1.76. The van der Waals surface area contributed by atoms with Crippen LogP contribution in [0.25, 0.3) is 0 Å². The van der Waals surface area contributed by atoms with Crippen molar-refractivity contribution in [1.82, 2.24) is 0 Å². The van der Waals surface area contributed by atoms with Crippen LogP contribution in [0.5, 0.6) is 0 Å². The highest BCUT2D eigenvalue weighted by atomic mass is 127. The van der Waals surface area contributed by atoms with Crippen molar-refractivity contribution in [2.75, 3.05) is 13.4 Å². The third kappa shape index (κ3) is 3.03. The Hall–Kier alpha value is -0.620. The summed E-state index contributed by atoms with van der Waals surface area (Å²) in [4.78, 5) is 12.1. The van der Waals surface area contributed by atoms with E-state index in [9.17, 15) is 4.79 Å². The first-order valence-corrected chi connectivity index (χ1v) is 7.00. The van der Waals surface area contributed by atoms with Crippen molar-refractivity contribution in [1.29, 1.82) is 0 Å². The SMILES string of the molecule is CCOCOC(=O)c1c(C)c(C)c(C)c(C)c1I. The van der Waals surface area contributed by atoms with Crippen LogP contribution in [0, 0.1) is 31.3 Å². The lowest BCUT2D eigenvalue weighted by Gasteiger charge is -2.16. The van der Waals surface area contributed by atoms with Gasteiger partial charge in [0.15, 0.2) is 6.79 Å². The van der Waals surface area contributed by atoms with Crippen LogP contribution in [-0.4, -0.2) is 19.4 Å². The molecule has 0 saturated heterocycles. The van der Waals surface area contributed by atoms with Gasteiger partial charge in [-0.15, -0.1) is 0 Å². The van der Waals surface area contributed by atoms with Crippen molar-refractivity contribution in [3.8, 4) is 0 Å². The maximum absolute atomic E-state index is 12.1. The zero-order chi connectivity index (χ0) is 13.9. The molecule has 4 heteroatoms. The van der Waals surface area contributed by atoms with Crippen LogP contribution >= 0.6 is 22.6 Å². The van der Waals surface area contributed by atoms with E-state index in [2.05, 4.69) is 29.5 Å². The number of esters is 1. The third-order valence-corrected chi connectivity index (χ3v) is 4.64. The second-order valence-corrected chi connectivity index (χ2v) is 5.31. The predicted molar refractivity (Wildman–Crippen MR) is 80.0 cm³/mol. The lowest BCUT2D eigenvalue weighted by molar-refractivity contribution is -0.0276. The minimum atomic E-state index is -0.309. The van der Waals surface area contributed by atoms with Crippen LogP contribution < -0.4 is 0 Å². The molecule has 0 fully saturated rings. The highest BCUT2D eigenvalue weighted by Gasteiger charge is 2.20. The van der Waals surface area contributed by atoms with Gasteiger partial charge in [-0.1, -0.05) is 0 Å². The van der Waals surface area contributed by atoms with E-state index >= 15 is 0 Å². The normalized spacial score (nSPS) is 10.6. The zero-order valence-corrected chi connectivity index (χ0v) is 13.7. The van der Waals surface area contributed by atoms with Crippen LogP contribution in [0.2, 0.25) is 0 Å². The molecule has 1 aromatic rings. The molecule has 0 aliphatic rings. The smallest absolute Gasteiger partial charge is 0.341 e. The highest BCUT2D eigenvalue weighted by Crippen LogP contribution is 2.28. The van der Waals surface area contributed by atoms with Crippen molar-refractivity contribution in [2.45, 2.75) is 34.6 Å². The number of carbonyl (C=O) groups excluding carboxylic acids is 1. The highest BCUT2D eigenvalue weighted by molar-refractivity contribution is 14.1. The lowest BCUT2D eigenvalue weighted by Crippen LogP contribution is -2.14. The number of benzene rings is 1. The summed E-state index contributed by atoms with van der Waals surface area (Å²) in [6.45, 7) is 10.5. The number of rotatable bonds is 4. The summed E-state index contributed by atoms with van der Waals surface area (Å²) in [6, 6.07) is 0. The predicted octanol–water partition coefficient (Wildman–Crippen LogP) is 3.68. The number of ether oxygens (including phenoxy) is 2. The van der Waals surface area contributed by atoms with E-state index in [0.717, 1.165) is 20.3 Å².